The van der Waals surface area contributed by atoms with Crippen LogP contribution in [-0.4, -0.2) is 30.1 Å². The summed E-state index contributed by atoms with van der Waals surface area (Å²) in [6.07, 6.45) is 11.3. The highest BCUT2D eigenvalue weighted by molar-refractivity contribution is 7.07. The molecule has 0 amide bonds. The van der Waals surface area contributed by atoms with Gasteiger partial charge in [0.05, 0.1) is 0 Å². The molecule has 0 atom stereocenters. The quantitative estimate of drug-likeness (QED) is 0.728. The van der Waals surface area contributed by atoms with Gasteiger partial charge in [0.25, 0.3) is 0 Å². The second-order valence-corrected chi connectivity index (χ2v) is 7.26. The van der Waals surface area contributed by atoms with Crippen molar-refractivity contribution in [2.75, 3.05) is 13.1 Å². The molecule has 0 radical (unpaired) electrons. The first-order valence-corrected chi connectivity index (χ1v) is 9.34. The van der Waals surface area contributed by atoms with Crippen LogP contribution in [0.3, 0.4) is 0 Å². The second-order valence-electron chi connectivity index (χ2n) is 6.48. The van der Waals surface area contributed by atoms with Gasteiger partial charge in [0.1, 0.15) is 0 Å². The lowest BCUT2D eigenvalue weighted by atomic mass is 9.95. The average Bonchev–Trinajstić information content (AvgIpc) is 3.21. The maximum absolute atomic E-state index is 3.77. The second kappa shape index (κ2) is 7.58. The summed E-state index contributed by atoms with van der Waals surface area (Å²) in [6, 6.07) is 3.97. The minimum atomic E-state index is 0.815. The Labute approximate surface area is 127 Å². The zero-order valence-electron chi connectivity index (χ0n) is 12.5. The topological polar surface area (TPSA) is 15.3 Å². The Morgan fingerprint density at radius 3 is 2.70 bits per heavy atom. The molecule has 3 heteroatoms. The highest BCUT2D eigenvalue weighted by Crippen LogP contribution is 2.28. The molecule has 2 aliphatic rings. The molecule has 1 aromatic rings. The molecule has 2 aliphatic carbocycles. The average molecular weight is 292 g/mol. The number of rotatable bonds is 8. The van der Waals surface area contributed by atoms with E-state index in [1.54, 1.807) is 0 Å². The lowest BCUT2D eigenvalue weighted by molar-refractivity contribution is 0.247. The van der Waals surface area contributed by atoms with Crippen molar-refractivity contribution in [1.82, 2.24) is 10.2 Å². The van der Waals surface area contributed by atoms with Crippen molar-refractivity contribution in [2.45, 2.75) is 70.0 Å². The first kappa shape index (κ1) is 14.6. The lowest BCUT2D eigenvalue weighted by Crippen LogP contribution is -2.34. The highest BCUT2D eigenvalue weighted by Gasteiger charge is 2.28. The van der Waals surface area contributed by atoms with Crippen molar-refractivity contribution in [3.05, 3.63) is 22.4 Å². The predicted octanol–water partition coefficient (Wildman–Crippen LogP) is 4.02. The minimum Gasteiger partial charge on any atom is -0.314 e. The molecule has 0 aromatic carbocycles. The smallest absolute Gasteiger partial charge is 0.0244 e. The van der Waals surface area contributed by atoms with Crippen LogP contribution in [0.25, 0.3) is 0 Å². The zero-order valence-corrected chi connectivity index (χ0v) is 13.3. The van der Waals surface area contributed by atoms with Gasteiger partial charge in [-0.25, -0.2) is 0 Å². The standard InChI is InChI=1S/C17H28N2S/c1-2-5-16(6-3-1)18-10-4-11-19(17-7-8-17)13-15-9-12-20-14-15/h9,12,14,16-18H,1-8,10-11,13H2. The van der Waals surface area contributed by atoms with Crippen molar-refractivity contribution in [2.24, 2.45) is 0 Å². The summed E-state index contributed by atoms with van der Waals surface area (Å²) in [4.78, 5) is 2.70. The van der Waals surface area contributed by atoms with E-state index in [0.29, 0.717) is 0 Å². The van der Waals surface area contributed by atoms with Gasteiger partial charge in [-0.2, -0.15) is 11.3 Å². The molecule has 2 fully saturated rings. The highest BCUT2D eigenvalue weighted by atomic mass is 32.1. The van der Waals surface area contributed by atoms with E-state index in [0.717, 1.165) is 18.6 Å². The molecule has 2 nitrogen and oxygen atoms in total. The third-order valence-corrected chi connectivity index (χ3v) is 5.42. The molecule has 0 spiro atoms. The molecule has 1 heterocycles. The van der Waals surface area contributed by atoms with Gasteiger partial charge in [-0.3, -0.25) is 4.90 Å². The fourth-order valence-electron chi connectivity index (χ4n) is 3.34. The van der Waals surface area contributed by atoms with Crippen LogP contribution in [0.1, 0.15) is 56.9 Å². The van der Waals surface area contributed by atoms with Crippen LogP contribution in [0.4, 0.5) is 0 Å². The van der Waals surface area contributed by atoms with Gasteiger partial charge in [-0.15, -0.1) is 0 Å². The largest absolute Gasteiger partial charge is 0.314 e. The van der Waals surface area contributed by atoms with E-state index in [1.807, 2.05) is 11.3 Å². The van der Waals surface area contributed by atoms with E-state index >= 15 is 0 Å². The summed E-state index contributed by atoms with van der Waals surface area (Å²) < 4.78 is 0. The maximum atomic E-state index is 3.77. The van der Waals surface area contributed by atoms with E-state index in [9.17, 15) is 0 Å². The minimum absolute atomic E-state index is 0.815. The monoisotopic (exact) mass is 292 g/mol. The molecule has 2 saturated carbocycles. The summed E-state index contributed by atoms with van der Waals surface area (Å²) in [5, 5.41) is 8.27. The SMILES string of the molecule is c1cc(CN(CCCNC2CCCCC2)C2CC2)cs1. The Hall–Kier alpha value is -0.380. The van der Waals surface area contributed by atoms with Gasteiger partial charge in [0, 0.05) is 18.6 Å². The van der Waals surface area contributed by atoms with Crippen molar-refractivity contribution in [3.63, 3.8) is 0 Å². The molecule has 0 unspecified atom stereocenters. The Bertz CT molecular complexity index is 366. The zero-order chi connectivity index (χ0) is 13.6. The summed E-state index contributed by atoms with van der Waals surface area (Å²) in [5.41, 5.74) is 1.50. The molecule has 0 saturated heterocycles. The molecule has 112 valence electrons. The number of nitrogens with zero attached hydrogens (tertiary/aromatic N) is 1. The van der Waals surface area contributed by atoms with E-state index < -0.39 is 0 Å². The van der Waals surface area contributed by atoms with Gasteiger partial charge in [-0.05, 0) is 67.6 Å². The summed E-state index contributed by atoms with van der Waals surface area (Å²) in [7, 11) is 0. The predicted molar refractivity (Wildman–Crippen MR) is 87.2 cm³/mol. The van der Waals surface area contributed by atoms with Crippen LogP contribution in [-0.2, 0) is 6.54 Å². The summed E-state index contributed by atoms with van der Waals surface area (Å²) in [6.45, 7) is 3.63. The number of hydrogen-bond donors (Lipinski definition) is 1. The molecule has 0 bridgehead atoms. The molecule has 1 aromatic heterocycles. The van der Waals surface area contributed by atoms with Crippen molar-refractivity contribution >= 4 is 11.3 Å². The lowest BCUT2D eigenvalue weighted by Gasteiger charge is -2.25. The van der Waals surface area contributed by atoms with Gasteiger partial charge in [-0.1, -0.05) is 19.3 Å². The van der Waals surface area contributed by atoms with Gasteiger partial charge in [0.15, 0.2) is 0 Å². The third-order valence-electron chi connectivity index (χ3n) is 4.69. The Morgan fingerprint density at radius 2 is 2.00 bits per heavy atom. The molecular weight excluding hydrogens is 264 g/mol. The van der Waals surface area contributed by atoms with Crippen LogP contribution in [0.15, 0.2) is 16.8 Å². The van der Waals surface area contributed by atoms with E-state index in [-0.39, 0.29) is 0 Å². The van der Waals surface area contributed by atoms with Crippen molar-refractivity contribution in [3.8, 4) is 0 Å². The van der Waals surface area contributed by atoms with E-state index in [1.165, 1.54) is 70.0 Å². The van der Waals surface area contributed by atoms with Crippen molar-refractivity contribution < 1.29 is 0 Å². The summed E-state index contributed by atoms with van der Waals surface area (Å²) in [5.74, 6) is 0. The van der Waals surface area contributed by atoms with Crippen LogP contribution < -0.4 is 5.32 Å². The molecular formula is C17H28N2S. The van der Waals surface area contributed by atoms with E-state index in [2.05, 4.69) is 27.0 Å². The van der Waals surface area contributed by atoms with E-state index in [4.69, 9.17) is 0 Å². The molecule has 20 heavy (non-hydrogen) atoms. The van der Waals surface area contributed by atoms with Crippen LogP contribution in [0.5, 0.6) is 0 Å². The van der Waals surface area contributed by atoms with Crippen molar-refractivity contribution in [1.29, 1.82) is 0 Å². The Morgan fingerprint density at radius 1 is 1.15 bits per heavy atom. The molecule has 1 N–H and O–H groups in total. The maximum Gasteiger partial charge on any atom is 0.0244 e. The third kappa shape index (κ3) is 4.57. The number of nitrogens with one attached hydrogen (secondary N) is 1. The van der Waals surface area contributed by atoms with Crippen LogP contribution in [0, 0.1) is 0 Å². The summed E-state index contributed by atoms with van der Waals surface area (Å²) >= 11 is 1.82. The van der Waals surface area contributed by atoms with Gasteiger partial charge < -0.3 is 5.32 Å². The first-order chi connectivity index (χ1) is 9.92. The fraction of sp³-hybridized carbons (Fsp3) is 0.765. The van der Waals surface area contributed by atoms with Crippen LogP contribution >= 0.6 is 11.3 Å². The number of hydrogen-bond acceptors (Lipinski definition) is 3. The Balaban J connectivity index is 1.34. The first-order valence-electron chi connectivity index (χ1n) is 8.40. The molecule has 0 aliphatic heterocycles. The van der Waals surface area contributed by atoms with Gasteiger partial charge in [0.2, 0.25) is 0 Å². The van der Waals surface area contributed by atoms with Gasteiger partial charge >= 0.3 is 0 Å². The normalized spacial score (nSPS) is 20.6. The fourth-order valence-corrected chi connectivity index (χ4v) is 4.00. The van der Waals surface area contributed by atoms with Crippen LogP contribution in [0.2, 0.25) is 0 Å². The molecule has 3 rings (SSSR count). The number of thiophene rings is 1. The Kier molecular flexibility index (Phi) is 5.51.